The maximum Gasteiger partial charge on any atom is 0.258 e. The quantitative estimate of drug-likeness (QED) is 0.713. The van der Waals surface area contributed by atoms with Crippen molar-refractivity contribution in [2.45, 2.75) is 6.54 Å². The van der Waals surface area contributed by atoms with Gasteiger partial charge in [-0.3, -0.25) is 4.79 Å². The Morgan fingerprint density at radius 1 is 1.20 bits per heavy atom. The first-order valence-electron chi connectivity index (χ1n) is 7.74. The molecule has 128 valence electrons. The van der Waals surface area contributed by atoms with Crippen molar-refractivity contribution in [1.29, 1.82) is 0 Å². The molecule has 3 rings (SSSR count). The molecule has 25 heavy (non-hydrogen) atoms. The predicted molar refractivity (Wildman–Crippen MR) is 102 cm³/mol. The minimum absolute atomic E-state index is 0.216. The van der Waals surface area contributed by atoms with Crippen molar-refractivity contribution < 1.29 is 4.79 Å². The van der Waals surface area contributed by atoms with Crippen LogP contribution in [0.4, 0.5) is 11.6 Å². The lowest BCUT2D eigenvalue weighted by atomic mass is 10.2. The smallest absolute Gasteiger partial charge is 0.258 e. The van der Waals surface area contributed by atoms with E-state index in [9.17, 15) is 4.79 Å². The van der Waals surface area contributed by atoms with Crippen LogP contribution in [0.25, 0.3) is 0 Å². The van der Waals surface area contributed by atoms with Crippen molar-refractivity contribution in [3.63, 3.8) is 0 Å². The first-order chi connectivity index (χ1) is 12.0. The highest BCUT2D eigenvalue weighted by Crippen LogP contribution is 2.19. The fraction of sp³-hybridized carbons (Fsp3) is 0.167. The number of hydrogen-bond donors (Lipinski definition) is 1. The third kappa shape index (κ3) is 4.06. The van der Waals surface area contributed by atoms with Crippen LogP contribution in [0.3, 0.4) is 0 Å². The molecule has 0 unspecified atom stereocenters. The highest BCUT2D eigenvalue weighted by Gasteiger charge is 2.11. The summed E-state index contributed by atoms with van der Waals surface area (Å²) < 4.78 is 2.76. The molecule has 1 amide bonds. The lowest BCUT2D eigenvalue weighted by Crippen LogP contribution is -2.17. The van der Waals surface area contributed by atoms with E-state index in [1.54, 1.807) is 29.2 Å². The normalized spacial score (nSPS) is 10.5. The van der Waals surface area contributed by atoms with E-state index in [4.69, 9.17) is 0 Å². The number of hydrogen-bond acceptors (Lipinski definition) is 4. The van der Waals surface area contributed by atoms with Gasteiger partial charge in [0.2, 0.25) is 0 Å². The summed E-state index contributed by atoms with van der Waals surface area (Å²) in [4.78, 5) is 18.6. The minimum atomic E-state index is -0.216. The van der Waals surface area contributed by atoms with E-state index in [-0.39, 0.29) is 5.91 Å². The van der Waals surface area contributed by atoms with Crippen LogP contribution < -0.4 is 10.2 Å². The zero-order valence-electron chi connectivity index (χ0n) is 14.0. The van der Waals surface area contributed by atoms with Gasteiger partial charge in [0.25, 0.3) is 5.91 Å². The Morgan fingerprint density at radius 2 is 2.00 bits per heavy atom. The summed E-state index contributed by atoms with van der Waals surface area (Å²) in [6.07, 6.45) is 3.24. The number of nitrogens with zero attached hydrogens (tertiary/aromatic N) is 4. The maximum atomic E-state index is 12.4. The summed E-state index contributed by atoms with van der Waals surface area (Å²) in [5, 5.41) is 7.18. The molecular formula is C18H18BrN5O. The number of pyridine rings is 1. The van der Waals surface area contributed by atoms with Crippen molar-refractivity contribution in [2.75, 3.05) is 24.3 Å². The van der Waals surface area contributed by atoms with Crippen molar-refractivity contribution in [3.05, 3.63) is 70.5 Å². The number of carbonyl (C=O) groups excluding carboxylic acids is 1. The van der Waals surface area contributed by atoms with Gasteiger partial charge in [-0.15, -0.1) is 0 Å². The molecule has 0 radical (unpaired) electrons. The Kier molecular flexibility index (Phi) is 5.14. The summed E-state index contributed by atoms with van der Waals surface area (Å²) >= 11 is 3.53. The third-order valence-electron chi connectivity index (χ3n) is 3.70. The standard InChI is InChI=1S/C18H18BrN5O/c1-23(2)16-8-7-13(11-20-16)18(25)22-17-9-10-21-24(17)12-14-5-3-4-6-15(14)19/h3-11H,12H2,1-2H3,(H,22,25). The van der Waals surface area contributed by atoms with Gasteiger partial charge in [0, 0.05) is 30.8 Å². The number of anilines is 2. The monoisotopic (exact) mass is 399 g/mol. The lowest BCUT2D eigenvalue weighted by molar-refractivity contribution is 0.102. The summed E-state index contributed by atoms with van der Waals surface area (Å²) in [6.45, 7) is 0.557. The predicted octanol–water partition coefficient (Wildman–Crippen LogP) is 3.41. The second-order valence-corrected chi connectivity index (χ2v) is 6.57. The van der Waals surface area contributed by atoms with E-state index in [0.717, 1.165) is 15.9 Å². The number of halogens is 1. The van der Waals surface area contributed by atoms with E-state index in [2.05, 4.69) is 31.3 Å². The van der Waals surface area contributed by atoms with Gasteiger partial charge in [0.1, 0.15) is 11.6 Å². The summed E-state index contributed by atoms with van der Waals surface area (Å²) in [7, 11) is 3.81. The van der Waals surface area contributed by atoms with E-state index in [1.165, 1.54) is 0 Å². The minimum Gasteiger partial charge on any atom is -0.363 e. The summed E-state index contributed by atoms with van der Waals surface area (Å²) in [6, 6.07) is 13.3. The van der Waals surface area contributed by atoms with Crippen molar-refractivity contribution in [1.82, 2.24) is 14.8 Å². The van der Waals surface area contributed by atoms with Crippen molar-refractivity contribution >= 4 is 33.5 Å². The van der Waals surface area contributed by atoms with Gasteiger partial charge in [-0.2, -0.15) is 5.10 Å². The average Bonchev–Trinajstić information content (AvgIpc) is 3.04. The molecule has 0 atom stereocenters. The zero-order valence-corrected chi connectivity index (χ0v) is 15.6. The van der Waals surface area contributed by atoms with E-state index in [0.29, 0.717) is 17.9 Å². The van der Waals surface area contributed by atoms with Gasteiger partial charge >= 0.3 is 0 Å². The molecule has 0 aliphatic heterocycles. The molecular weight excluding hydrogens is 382 g/mol. The second kappa shape index (κ2) is 7.48. The van der Waals surface area contributed by atoms with Gasteiger partial charge in [0.15, 0.2) is 0 Å². The molecule has 7 heteroatoms. The van der Waals surface area contributed by atoms with E-state index < -0.39 is 0 Å². The van der Waals surface area contributed by atoms with Crippen LogP contribution in [0.2, 0.25) is 0 Å². The molecule has 0 saturated carbocycles. The van der Waals surface area contributed by atoms with Crippen LogP contribution in [0.5, 0.6) is 0 Å². The fourth-order valence-electron chi connectivity index (χ4n) is 2.33. The molecule has 1 aromatic carbocycles. The first-order valence-corrected chi connectivity index (χ1v) is 8.54. The van der Waals surface area contributed by atoms with Gasteiger partial charge in [0.05, 0.1) is 18.3 Å². The van der Waals surface area contributed by atoms with Gasteiger partial charge in [-0.25, -0.2) is 9.67 Å². The Balaban J connectivity index is 1.74. The van der Waals surface area contributed by atoms with Crippen LogP contribution in [0, 0.1) is 0 Å². The number of rotatable bonds is 5. The van der Waals surface area contributed by atoms with Crippen LogP contribution in [-0.2, 0) is 6.54 Å². The molecule has 2 aromatic heterocycles. The highest BCUT2D eigenvalue weighted by molar-refractivity contribution is 9.10. The Morgan fingerprint density at radius 3 is 2.68 bits per heavy atom. The zero-order chi connectivity index (χ0) is 17.8. The van der Waals surface area contributed by atoms with Crippen molar-refractivity contribution in [2.24, 2.45) is 0 Å². The molecule has 1 N–H and O–H groups in total. The molecule has 0 aliphatic carbocycles. The Hall–Kier alpha value is -2.67. The van der Waals surface area contributed by atoms with Gasteiger partial charge in [-0.1, -0.05) is 34.1 Å². The number of amides is 1. The average molecular weight is 400 g/mol. The maximum absolute atomic E-state index is 12.4. The molecule has 0 bridgehead atoms. The number of aromatic nitrogens is 3. The SMILES string of the molecule is CN(C)c1ccc(C(=O)Nc2ccnn2Cc2ccccc2Br)cn1. The van der Waals surface area contributed by atoms with Crippen LogP contribution in [-0.4, -0.2) is 34.8 Å². The molecule has 0 aliphatic rings. The third-order valence-corrected chi connectivity index (χ3v) is 4.48. The van der Waals surface area contributed by atoms with Crippen LogP contribution in [0.15, 0.2) is 59.3 Å². The number of benzene rings is 1. The fourth-order valence-corrected chi connectivity index (χ4v) is 2.74. The molecule has 3 aromatic rings. The second-order valence-electron chi connectivity index (χ2n) is 5.72. The highest BCUT2D eigenvalue weighted by atomic mass is 79.9. The lowest BCUT2D eigenvalue weighted by Gasteiger charge is -2.12. The number of carbonyl (C=O) groups is 1. The largest absolute Gasteiger partial charge is 0.363 e. The molecule has 0 spiro atoms. The molecule has 2 heterocycles. The van der Waals surface area contributed by atoms with E-state index >= 15 is 0 Å². The molecule has 6 nitrogen and oxygen atoms in total. The molecule has 0 fully saturated rings. The Bertz CT molecular complexity index is 873. The van der Waals surface area contributed by atoms with Crippen molar-refractivity contribution in [3.8, 4) is 0 Å². The van der Waals surface area contributed by atoms with Crippen LogP contribution >= 0.6 is 15.9 Å². The van der Waals surface area contributed by atoms with Crippen LogP contribution in [0.1, 0.15) is 15.9 Å². The van der Waals surface area contributed by atoms with Gasteiger partial charge in [-0.05, 0) is 23.8 Å². The topological polar surface area (TPSA) is 63.1 Å². The first kappa shape index (κ1) is 17.2. The Labute approximate surface area is 154 Å². The summed E-state index contributed by atoms with van der Waals surface area (Å²) in [5.41, 5.74) is 1.58. The summed E-state index contributed by atoms with van der Waals surface area (Å²) in [5.74, 6) is 1.22. The van der Waals surface area contributed by atoms with E-state index in [1.807, 2.05) is 49.3 Å². The number of nitrogens with one attached hydrogen (secondary N) is 1. The molecule has 0 saturated heterocycles. The van der Waals surface area contributed by atoms with Gasteiger partial charge < -0.3 is 10.2 Å².